The van der Waals surface area contributed by atoms with Crippen LogP contribution in [-0.2, 0) is 10.8 Å². The Bertz CT molecular complexity index is 3430. The monoisotopic (exact) mass is 718 g/mol. The minimum Gasteiger partial charge on any atom is -0.307 e. The Morgan fingerprint density at radius 1 is 0.339 bits per heavy atom. The van der Waals surface area contributed by atoms with E-state index in [0.29, 0.717) is 0 Å². The number of benzene rings is 9. The van der Waals surface area contributed by atoms with E-state index in [2.05, 4.69) is 195 Å². The van der Waals surface area contributed by atoms with Gasteiger partial charge in [-0.05, 0) is 120 Å². The van der Waals surface area contributed by atoms with Crippen LogP contribution in [0.25, 0.3) is 98.1 Å². The van der Waals surface area contributed by atoms with E-state index in [1.165, 1.54) is 122 Å². The third-order valence-electron chi connectivity index (χ3n) is 13.5. The molecule has 0 radical (unpaired) electrons. The average Bonchev–Trinajstić information content (AvgIpc) is 3.76. The Morgan fingerprint density at radius 3 is 1.39 bits per heavy atom. The summed E-state index contributed by atoms with van der Waals surface area (Å²) in [6.45, 7) is 9.81. The summed E-state index contributed by atoms with van der Waals surface area (Å²) >= 11 is 0. The van der Waals surface area contributed by atoms with Crippen LogP contribution in [0.5, 0.6) is 0 Å². The van der Waals surface area contributed by atoms with Crippen LogP contribution in [0.15, 0.2) is 158 Å². The van der Waals surface area contributed by atoms with E-state index in [9.17, 15) is 0 Å². The Balaban J connectivity index is 1.37. The van der Waals surface area contributed by atoms with E-state index in [-0.39, 0.29) is 10.8 Å². The van der Waals surface area contributed by atoms with Gasteiger partial charge < -0.3 is 9.13 Å². The van der Waals surface area contributed by atoms with E-state index >= 15 is 0 Å². The molecule has 0 bridgehead atoms. The first-order chi connectivity index (χ1) is 27.3. The summed E-state index contributed by atoms with van der Waals surface area (Å²) in [6, 6.07) is 59.4. The minimum absolute atomic E-state index is 0.0646. The van der Waals surface area contributed by atoms with Crippen LogP contribution in [0.4, 0.5) is 0 Å². The average molecular weight is 719 g/mol. The SMILES string of the molecule is CC1(C)CCC(C)(C)c2cc3c(cc21)c1c2ccccc2c2c4ccccc4n(-c4ccccc4)c2c1n3-c1ccc2c3ccccc3c3ccccc3c2c1. The van der Waals surface area contributed by atoms with Crippen molar-refractivity contribution in [1.82, 2.24) is 9.13 Å². The van der Waals surface area contributed by atoms with Crippen molar-refractivity contribution >= 4 is 86.7 Å². The molecule has 0 aliphatic heterocycles. The van der Waals surface area contributed by atoms with Crippen LogP contribution < -0.4 is 0 Å². The summed E-state index contributed by atoms with van der Waals surface area (Å²) in [5.74, 6) is 0. The topological polar surface area (TPSA) is 9.86 Å². The zero-order valence-electron chi connectivity index (χ0n) is 32.3. The van der Waals surface area contributed by atoms with Gasteiger partial charge in [-0.15, -0.1) is 0 Å². The van der Waals surface area contributed by atoms with Gasteiger partial charge in [0, 0.05) is 32.9 Å². The highest BCUT2D eigenvalue weighted by atomic mass is 15.0. The quantitative estimate of drug-likeness (QED) is 0.158. The van der Waals surface area contributed by atoms with Gasteiger partial charge in [-0.1, -0.05) is 143 Å². The molecule has 0 amide bonds. The predicted octanol–water partition coefficient (Wildman–Crippen LogP) is 14.8. The van der Waals surface area contributed by atoms with Crippen molar-refractivity contribution in [1.29, 1.82) is 0 Å². The fourth-order valence-corrected chi connectivity index (χ4v) is 10.6. The molecule has 0 fully saturated rings. The van der Waals surface area contributed by atoms with Crippen molar-refractivity contribution in [3.8, 4) is 11.4 Å². The second-order valence-corrected chi connectivity index (χ2v) is 17.5. The highest BCUT2D eigenvalue weighted by Crippen LogP contribution is 2.52. The standard InChI is InChI=1S/C54H42N2/c1-53(2)28-29-54(3,4)46-32-48-44(31-45(46)53)50-41-23-13-12-22-40(41)49-42-24-14-15-25-47(42)55(33-16-6-5-7-17-33)51(49)52(50)56(48)34-26-27-39-37-20-9-8-18-35(37)36-19-10-11-21-38(36)43(39)30-34/h5-27,30-32H,28-29H2,1-4H3. The molecule has 2 nitrogen and oxygen atoms in total. The first kappa shape index (κ1) is 31.9. The lowest BCUT2D eigenvalue weighted by Crippen LogP contribution is -2.33. The van der Waals surface area contributed by atoms with Gasteiger partial charge in [0.05, 0.1) is 22.1 Å². The number of hydrogen-bond donors (Lipinski definition) is 0. The van der Waals surface area contributed by atoms with Crippen LogP contribution in [0.2, 0.25) is 0 Å². The summed E-state index contributed by atoms with van der Waals surface area (Å²) < 4.78 is 5.17. The zero-order valence-corrected chi connectivity index (χ0v) is 32.3. The predicted molar refractivity (Wildman–Crippen MR) is 240 cm³/mol. The normalized spacial score (nSPS) is 15.3. The van der Waals surface area contributed by atoms with Crippen molar-refractivity contribution < 1.29 is 0 Å². The molecular formula is C54H42N2. The van der Waals surface area contributed by atoms with Gasteiger partial charge in [0.15, 0.2) is 0 Å². The molecule has 0 saturated heterocycles. The highest BCUT2D eigenvalue weighted by Gasteiger charge is 2.38. The maximum Gasteiger partial charge on any atom is 0.0795 e. The van der Waals surface area contributed by atoms with Gasteiger partial charge in [-0.2, -0.15) is 0 Å². The number of rotatable bonds is 2. The fourth-order valence-electron chi connectivity index (χ4n) is 10.6. The van der Waals surface area contributed by atoms with Gasteiger partial charge in [-0.25, -0.2) is 0 Å². The number of nitrogens with zero attached hydrogens (tertiary/aromatic N) is 2. The van der Waals surface area contributed by atoms with Gasteiger partial charge >= 0.3 is 0 Å². The highest BCUT2D eigenvalue weighted by molar-refractivity contribution is 6.36. The summed E-state index contributed by atoms with van der Waals surface area (Å²) in [5.41, 5.74) is 10.5. The number of aromatic nitrogens is 2. The molecule has 268 valence electrons. The maximum absolute atomic E-state index is 2.64. The zero-order chi connectivity index (χ0) is 37.5. The molecule has 0 N–H and O–H groups in total. The lowest BCUT2D eigenvalue weighted by molar-refractivity contribution is 0.332. The molecule has 1 aliphatic carbocycles. The summed E-state index contributed by atoms with van der Waals surface area (Å²) in [7, 11) is 0. The van der Waals surface area contributed by atoms with Crippen LogP contribution in [0.3, 0.4) is 0 Å². The second-order valence-electron chi connectivity index (χ2n) is 17.5. The van der Waals surface area contributed by atoms with Gasteiger partial charge in [0.2, 0.25) is 0 Å². The number of fused-ring (bicyclic) bond motifs is 17. The molecule has 2 heterocycles. The van der Waals surface area contributed by atoms with E-state index in [1.807, 2.05) is 0 Å². The number of para-hydroxylation sites is 2. The van der Waals surface area contributed by atoms with Crippen LogP contribution in [-0.4, -0.2) is 9.13 Å². The molecule has 1 aliphatic rings. The van der Waals surface area contributed by atoms with Gasteiger partial charge in [0.1, 0.15) is 0 Å². The first-order valence-electron chi connectivity index (χ1n) is 20.2. The van der Waals surface area contributed by atoms with E-state index in [1.54, 1.807) is 0 Å². The minimum atomic E-state index is 0.0646. The Kier molecular flexibility index (Phi) is 6.33. The van der Waals surface area contributed by atoms with Crippen molar-refractivity contribution in [2.24, 2.45) is 0 Å². The van der Waals surface area contributed by atoms with Gasteiger partial charge in [0.25, 0.3) is 0 Å². The lowest BCUT2D eigenvalue weighted by Gasteiger charge is -2.42. The fraction of sp³-hybridized carbons (Fsp3) is 0.148. The van der Waals surface area contributed by atoms with E-state index in [4.69, 9.17) is 0 Å². The first-order valence-corrected chi connectivity index (χ1v) is 20.2. The molecule has 0 atom stereocenters. The molecule has 9 aromatic carbocycles. The summed E-state index contributed by atoms with van der Waals surface area (Å²) in [4.78, 5) is 0. The third-order valence-corrected chi connectivity index (χ3v) is 13.5. The molecule has 56 heavy (non-hydrogen) atoms. The molecule has 0 unspecified atom stereocenters. The van der Waals surface area contributed by atoms with Crippen LogP contribution >= 0.6 is 0 Å². The van der Waals surface area contributed by atoms with Crippen molar-refractivity contribution in [2.75, 3.05) is 0 Å². The van der Waals surface area contributed by atoms with E-state index < -0.39 is 0 Å². The molecule has 0 spiro atoms. The van der Waals surface area contributed by atoms with Gasteiger partial charge in [-0.3, -0.25) is 0 Å². The molecule has 2 heteroatoms. The van der Waals surface area contributed by atoms with E-state index in [0.717, 1.165) is 0 Å². The molecule has 2 aromatic heterocycles. The van der Waals surface area contributed by atoms with Crippen LogP contribution in [0.1, 0.15) is 51.7 Å². The second kappa shape index (κ2) is 11.1. The largest absolute Gasteiger partial charge is 0.307 e. The Morgan fingerprint density at radius 2 is 0.786 bits per heavy atom. The summed E-state index contributed by atoms with van der Waals surface area (Å²) in [6.07, 6.45) is 2.35. The Hall–Kier alpha value is -6.38. The van der Waals surface area contributed by atoms with Crippen LogP contribution in [0, 0.1) is 0 Å². The third kappa shape index (κ3) is 4.17. The van der Waals surface area contributed by atoms with Crippen molar-refractivity contribution in [3.63, 3.8) is 0 Å². The van der Waals surface area contributed by atoms with Crippen molar-refractivity contribution in [3.05, 3.63) is 169 Å². The molecular weight excluding hydrogens is 677 g/mol. The molecule has 11 aromatic rings. The number of hydrogen-bond acceptors (Lipinski definition) is 0. The molecule has 0 saturated carbocycles. The maximum atomic E-state index is 2.64. The Labute approximate surface area is 326 Å². The lowest BCUT2D eigenvalue weighted by atomic mass is 9.63. The smallest absolute Gasteiger partial charge is 0.0795 e. The molecule has 12 rings (SSSR count). The summed E-state index contributed by atoms with van der Waals surface area (Å²) in [5, 5.41) is 15.6. The van der Waals surface area contributed by atoms with Crippen molar-refractivity contribution in [2.45, 2.75) is 51.4 Å².